The van der Waals surface area contributed by atoms with E-state index in [1.807, 2.05) is 36.4 Å². The first-order valence-electron chi connectivity index (χ1n) is 9.07. The van der Waals surface area contributed by atoms with Crippen molar-refractivity contribution in [3.8, 4) is 11.4 Å². The molecule has 4 rings (SSSR count). The first-order valence-corrected chi connectivity index (χ1v) is 9.07. The number of hydrogen-bond donors (Lipinski definition) is 1. The lowest BCUT2D eigenvalue weighted by Crippen LogP contribution is -2.04. The molecule has 0 aliphatic rings. The van der Waals surface area contributed by atoms with Crippen molar-refractivity contribution >= 4 is 11.0 Å². The third kappa shape index (κ3) is 3.24. The number of rotatable bonds is 4. The van der Waals surface area contributed by atoms with Gasteiger partial charge in [-0.25, -0.2) is 9.37 Å². The van der Waals surface area contributed by atoms with Crippen LogP contribution in [0, 0.1) is 19.7 Å². The summed E-state index contributed by atoms with van der Waals surface area (Å²) in [6.45, 7) is 5.11. The Hall–Kier alpha value is -2.98. The number of hydrogen-bond acceptors (Lipinski definition) is 2. The van der Waals surface area contributed by atoms with Gasteiger partial charge in [0.15, 0.2) is 0 Å². The van der Waals surface area contributed by atoms with E-state index in [-0.39, 0.29) is 5.82 Å². The van der Waals surface area contributed by atoms with Crippen LogP contribution in [0.25, 0.3) is 22.4 Å². The molecule has 1 heterocycles. The van der Waals surface area contributed by atoms with Crippen molar-refractivity contribution in [3.63, 3.8) is 0 Å². The normalized spacial score (nSPS) is 11.3. The average Bonchev–Trinajstić information content (AvgIpc) is 3.01. The van der Waals surface area contributed by atoms with Gasteiger partial charge < -0.3 is 10.3 Å². The van der Waals surface area contributed by atoms with E-state index in [2.05, 4.69) is 30.5 Å². The lowest BCUT2D eigenvalue weighted by molar-refractivity contribution is 0.602. The van der Waals surface area contributed by atoms with Crippen molar-refractivity contribution in [1.82, 2.24) is 9.55 Å². The molecule has 0 atom stereocenters. The zero-order valence-corrected chi connectivity index (χ0v) is 15.5. The van der Waals surface area contributed by atoms with Gasteiger partial charge in [0, 0.05) is 17.7 Å². The Morgan fingerprint density at radius 2 is 1.67 bits per heavy atom. The van der Waals surface area contributed by atoms with E-state index in [9.17, 15) is 4.39 Å². The van der Waals surface area contributed by atoms with Gasteiger partial charge in [0.05, 0.1) is 17.6 Å². The molecular weight excluding hydrogens is 337 g/mol. The van der Waals surface area contributed by atoms with E-state index >= 15 is 0 Å². The van der Waals surface area contributed by atoms with Crippen LogP contribution in [0.5, 0.6) is 0 Å². The van der Waals surface area contributed by atoms with Crippen molar-refractivity contribution in [2.24, 2.45) is 5.73 Å². The molecule has 0 aliphatic heterocycles. The Balaban J connectivity index is 1.92. The van der Waals surface area contributed by atoms with E-state index in [4.69, 9.17) is 10.7 Å². The second-order valence-electron chi connectivity index (χ2n) is 6.94. The molecule has 0 fully saturated rings. The largest absolute Gasteiger partial charge is 0.326 e. The minimum absolute atomic E-state index is 0.201. The molecule has 0 bridgehead atoms. The van der Waals surface area contributed by atoms with Gasteiger partial charge in [0.2, 0.25) is 0 Å². The quantitative estimate of drug-likeness (QED) is 0.559. The number of aromatic nitrogens is 2. The zero-order chi connectivity index (χ0) is 19.0. The number of fused-ring (bicyclic) bond motifs is 1. The lowest BCUT2D eigenvalue weighted by Gasteiger charge is -2.11. The van der Waals surface area contributed by atoms with Crippen LogP contribution < -0.4 is 5.73 Å². The summed E-state index contributed by atoms with van der Waals surface area (Å²) in [5, 5.41) is 0. The smallest absolute Gasteiger partial charge is 0.141 e. The van der Waals surface area contributed by atoms with Crippen LogP contribution in [-0.4, -0.2) is 9.55 Å². The molecule has 4 aromatic rings. The van der Waals surface area contributed by atoms with E-state index in [0.717, 1.165) is 28.0 Å². The predicted octanol–water partition coefficient (Wildman–Crippen LogP) is 4.97. The predicted molar refractivity (Wildman–Crippen MR) is 108 cm³/mol. The molecule has 4 heteroatoms. The summed E-state index contributed by atoms with van der Waals surface area (Å²) < 4.78 is 16.4. The second kappa shape index (κ2) is 6.97. The Morgan fingerprint density at radius 1 is 0.963 bits per heavy atom. The van der Waals surface area contributed by atoms with Gasteiger partial charge in [-0.1, -0.05) is 42.5 Å². The van der Waals surface area contributed by atoms with Gasteiger partial charge in [-0.3, -0.25) is 0 Å². The van der Waals surface area contributed by atoms with Crippen molar-refractivity contribution in [1.29, 1.82) is 0 Å². The summed E-state index contributed by atoms with van der Waals surface area (Å²) in [4.78, 5) is 4.88. The first-order chi connectivity index (χ1) is 13.1. The summed E-state index contributed by atoms with van der Waals surface area (Å²) in [7, 11) is 0. The molecule has 0 saturated heterocycles. The summed E-state index contributed by atoms with van der Waals surface area (Å²) in [5.41, 5.74) is 12.8. The highest BCUT2D eigenvalue weighted by Crippen LogP contribution is 2.28. The Bertz CT molecular complexity index is 1110. The number of nitrogens with two attached hydrogens (primary N) is 1. The van der Waals surface area contributed by atoms with E-state index < -0.39 is 0 Å². The van der Waals surface area contributed by atoms with E-state index in [0.29, 0.717) is 18.7 Å². The molecule has 0 saturated carbocycles. The third-order valence-corrected chi connectivity index (χ3v) is 5.10. The zero-order valence-electron chi connectivity index (χ0n) is 15.5. The Labute approximate surface area is 158 Å². The maximum Gasteiger partial charge on any atom is 0.141 e. The molecule has 0 aliphatic carbocycles. The second-order valence-corrected chi connectivity index (χ2v) is 6.94. The van der Waals surface area contributed by atoms with Crippen molar-refractivity contribution < 1.29 is 4.39 Å². The number of halogens is 1. The van der Waals surface area contributed by atoms with Crippen molar-refractivity contribution in [3.05, 3.63) is 88.7 Å². The highest BCUT2D eigenvalue weighted by molar-refractivity contribution is 5.82. The molecule has 1 aromatic heterocycles. The van der Waals surface area contributed by atoms with Crippen LogP contribution in [-0.2, 0) is 13.1 Å². The lowest BCUT2D eigenvalue weighted by atomic mass is 10.1. The number of aryl methyl sites for hydroxylation is 2. The van der Waals surface area contributed by atoms with Crippen molar-refractivity contribution in [2.45, 2.75) is 26.9 Å². The molecule has 0 spiro atoms. The van der Waals surface area contributed by atoms with Crippen LogP contribution in [0.1, 0.15) is 22.3 Å². The SMILES string of the molecule is Cc1cc2nc(-c3ccc(CN)cc3)n(Cc3ccccc3F)c2cc1C. The molecule has 0 unspecified atom stereocenters. The molecule has 0 radical (unpaired) electrons. The van der Waals surface area contributed by atoms with Crippen LogP contribution in [0.3, 0.4) is 0 Å². The maximum atomic E-state index is 14.3. The minimum atomic E-state index is -0.201. The summed E-state index contributed by atoms with van der Waals surface area (Å²) in [5.74, 6) is 0.634. The fourth-order valence-corrected chi connectivity index (χ4v) is 3.35. The monoisotopic (exact) mass is 359 g/mol. The van der Waals surface area contributed by atoms with E-state index in [1.54, 1.807) is 6.07 Å². The van der Waals surface area contributed by atoms with Gasteiger partial charge in [0.25, 0.3) is 0 Å². The molecule has 27 heavy (non-hydrogen) atoms. The fraction of sp³-hybridized carbons (Fsp3) is 0.174. The molecular formula is C23H22FN3. The van der Waals surface area contributed by atoms with Gasteiger partial charge in [-0.2, -0.15) is 0 Å². The highest BCUT2D eigenvalue weighted by Gasteiger charge is 2.15. The number of benzene rings is 3. The first kappa shape index (κ1) is 17.4. The van der Waals surface area contributed by atoms with Gasteiger partial charge in [0.1, 0.15) is 11.6 Å². The topological polar surface area (TPSA) is 43.8 Å². The highest BCUT2D eigenvalue weighted by atomic mass is 19.1. The van der Waals surface area contributed by atoms with Gasteiger partial charge >= 0.3 is 0 Å². The third-order valence-electron chi connectivity index (χ3n) is 5.10. The van der Waals surface area contributed by atoms with E-state index in [1.165, 1.54) is 17.2 Å². The Kier molecular flexibility index (Phi) is 4.50. The molecule has 3 aromatic carbocycles. The molecule has 2 N–H and O–H groups in total. The number of imidazole rings is 1. The number of nitrogens with zero attached hydrogens (tertiary/aromatic N) is 2. The molecule has 3 nitrogen and oxygen atoms in total. The fourth-order valence-electron chi connectivity index (χ4n) is 3.35. The van der Waals surface area contributed by atoms with Crippen LogP contribution in [0.2, 0.25) is 0 Å². The minimum Gasteiger partial charge on any atom is -0.326 e. The van der Waals surface area contributed by atoms with Crippen molar-refractivity contribution in [2.75, 3.05) is 0 Å². The summed E-state index contributed by atoms with van der Waals surface area (Å²) in [6, 6.07) is 19.2. The Morgan fingerprint density at radius 3 is 2.37 bits per heavy atom. The standard InChI is InChI=1S/C23H22FN3/c1-15-11-21-22(12-16(15)2)27(14-19-5-3-4-6-20(19)24)23(26-21)18-9-7-17(13-25)8-10-18/h3-12H,13-14,25H2,1-2H3. The summed E-state index contributed by atoms with van der Waals surface area (Å²) in [6.07, 6.45) is 0. The average molecular weight is 359 g/mol. The molecule has 136 valence electrons. The molecule has 0 amide bonds. The van der Waals surface area contributed by atoms with Crippen LogP contribution in [0.15, 0.2) is 60.7 Å². The maximum absolute atomic E-state index is 14.3. The van der Waals surface area contributed by atoms with Gasteiger partial charge in [-0.15, -0.1) is 0 Å². The van der Waals surface area contributed by atoms with Crippen LogP contribution in [0.4, 0.5) is 4.39 Å². The van der Waals surface area contributed by atoms with Gasteiger partial charge in [-0.05, 0) is 48.7 Å². The van der Waals surface area contributed by atoms with Crippen LogP contribution >= 0.6 is 0 Å². The summed E-state index contributed by atoms with van der Waals surface area (Å²) >= 11 is 0.